The van der Waals surface area contributed by atoms with Crippen LogP contribution >= 0.6 is 0 Å². The molecule has 29 heavy (non-hydrogen) atoms. The Bertz CT molecular complexity index is 1150. The first-order valence-electron chi connectivity index (χ1n) is 9.30. The number of anilines is 1. The van der Waals surface area contributed by atoms with Crippen LogP contribution in [-0.2, 0) is 14.8 Å². The smallest absolute Gasteiger partial charge is 0.255 e. The minimum atomic E-state index is -3.74. The normalized spacial score (nSPS) is 16.9. The molecule has 3 aromatic rings. The van der Waals surface area contributed by atoms with E-state index >= 15 is 0 Å². The largest absolute Gasteiger partial charge is 0.441 e. The molecule has 152 valence electrons. The van der Waals surface area contributed by atoms with Crippen LogP contribution in [0.3, 0.4) is 0 Å². The Morgan fingerprint density at radius 3 is 2.90 bits per heavy atom. The maximum Gasteiger partial charge on any atom is 0.255 e. The Hall–Kier alpha value is -2.75. The van der Waals surface area contributed by atoms with Gasteiger partial charge in [0.15, 0.2) is 11.5 Å². The van der Waals surface area contributed by atoms with E-state index in [-0.39, 0.29) is 23.1 Å². The van der Waals surface area contributed by atoms with Gasteiger partial charge < -0.3 is 14.5 Å². The van der Waals surface area contributed by atoms with E-state index in [4.69, 9.17) is 9.15 Å². The van der Waals surface area contributed by atoms with E-state index in [1.165, 1.54) is 12.1 Å². The third kappa shape index (κ3) is 4.47. The number of fused-ring (bicyclic) bond motifs is 1. The number of rotatable bonds is 6. The highest BCUT2D eigenvalue weighted by Crippen LogP contribution is 2.21. The predicted octanol–water partition coefficient (Wildman–Crippen LogP) is 2.85. The van der Waals surface area contributed by atoms with Gasteiger partial charge in [-0.3, -0.25) is 4.79 Å². The van der Waals surface area contributed by atoms with Gasteiger partial charge in [0.25, 0.3) is 5.91 Å². The fraction of sp³-hybridized carbons (Fsp3) is 0.300. The molecule has 0 spiro atoms. The number of hydrogen-bond donors (Lipinski definition) is 2. The van der Waals surface area contributed by atoms with Crippen LogP contribution in [0.4, 0.5) is 5.69 Å². The van der Waals surface area contributed by atoms with Crippen LogP contribution in [0.25, 0.3) is 11.1 Å². The third-order valence-electron chi connectivity index (χ3n) is 4.68. The van der Waals surface area contributed by atoms with Crippen molar-refractivity contribution in [2.45, 2.75) is 30.8 Å². The summed E-state index contributed by atoms with van der Waals surface area (Å²) < 4.78 is 38.5. The molecule has 8 nitrogen and oxygen atoms in total. The maximum atomic E-state index is 12.6. The SMILES string of the molecule is Cc1nc2cc(NC(=O)c3cccc(S(=O)(=O)NCC4CCCO4)c3)ccc2o1. The summed E-state index contributed by atoms with van der Waals surface area (Å²) in [6, 6.07) is 11.0. The van der Waals surface area contributed by atoms with E-state index in [1.54, 1.807) is 37.3 Å². The zero-order valence-corrected chi connectivity index (χ0v) is 16.7. The average Bonchev–Trinajstić information content (AvgIpc) is 3.35. The molecule has 9 heteroatoms. The molecule has 1 atom stereocenters. The van der Waals surface area contributed by atoms with Crippen LogP contribution in [0.15, 0.2) is 51.8 Å². The van der Waals surface area contributed by atoms with E-state index in [2.05, 4.69) is 15.0 Å². The lowest BCUT2D eigenvalue weighted by Crippen LogP contribution is -2.32. The van der Waals surface area contributed by atoms with Crippen LogP contribution in [0.2, 0.25) is 0 Å². The number of aryl methyl sites for hydroxylation is 1. The fourth-order valence-corrected chi connectivity index (χ4v) is 4.33. The number of sulfonamides is 1. The Kier molecular flexibility index (Phi) is 5.35. The van der Waals surface area contributed by atoms with Crippen molar-refractivity contribution in [3.63, 3.8) is 0 Å². The highest BCUT2D eigenvalue weighted by atomic mass is 32.2. The molecular weight excluding hydrogens is 394 g/mol. The standard InChI is InChI=1S/C20H21N3O5S/c1-13-22-18-11-15(7-8-19(18)28-13)23-20(24)14-4-2-6-17(10-14)29(25,26)21-12-16-5-3-9-27-16/h2,4,6-8,10-11,16,21H,3,5,9,12H2,1H3,(H,23,24). The summed E-state index contributed by atoms with van der Waals surface area (Å²) in [7, 11) is -3.74. The van der Waals surface area contributed by atoms with Gasteiger partial charge in [0.05, 0.1) is 11.0 Å². The molecule has 2 N–H and O–H groups in total. The Morgan fingerprint density at radius 2 is 2.10 bits per heavy atom. The second-order valence-corrected chi connectivity index (χ2v) is 8.65. The first kappa shape index (κ1) is 19.6. The summed E-state index contributed by atoms with van der Waals surface area (Å²) in [5.74, 6) is 0.123. The fourth-order valence-electron chi connectivity index (χ4n) is 3.22. The highest BCUT2D eigenvalue weighted by molar-refractivity contribution is 7.89. The van der Waals surface area contributed by atoms with Crippen molar-refractivity contribution >= 4 is 32.7 Å². The van der Waals surface area contributed by atoms with Crippen molar-refractivity contribution in [3.8, 4) is 0 Å². The highest BCUT2D eigenvalue weighted by Gasteiger charge is 2.21. The Morgan fingerprint density at radius 1 is 1.24 bits per heavy atom. The van der Waals surface area contributed by atoms with Crippen LogP contribution in [0.1, 0.15) is 29.1 Å². The molecule has 1 fully saturated rings. The lowest BCUT2D eigenvalue weighted by molar-refractivity contribution is 0.102. The number of amides is 1. The summed E-state index contributed by atoms with van der Waals surface area (Å²) in [5.41, 5.74) is 2.04. The quantitative estimate of drug-likeness (QED) is 0.641. The van der Waals surface area contributed by atoms with E-state index in [0.29, 0.717) is 29.3 Å². The van der Waals surface area contributed by atoms with Gasteiger partial charge in [0, 0.05) is 31.3 Å². The minimum absolute atomic E-state index is 0.0331. The summed E-state index contributed by atoms with van der Waals surface area (Å²) in [4.78, 5) is 16.9. The molecule has 0 bridgehead atoms. The lowest BCUT2D eigenvalue weighted by Gasteiger charge is -2.12. The monoisotopic (exact) mass is 415 g/mol. The first-order valence-corrected chi connectivity index (χ1v) is 10.8. The summed E-state index contributed by atoms with van der Waals surface area (Å²) >= 11 is 0. The topological polar surface area (TPSA) is 111 Å². The van der Waals surface area contributed by atoms with E-state index in [9.17, 15) is 13.2 Å². The molecule has 1 amide bonds. The second kappa shape index (κ2) is 7.94. The number of ether oxygens (including phenoxy) is 1. The lowest BCUT2D eigenvalue weighted by atomic mass is 10.2. The van der Waals surface area contributed by atoms with Crippen LogP contribution in [0, 0.1) is 6.92 Å². The van der Waals surface area contributed by atoms with Gasteiger partial charge in [-0.05, 0) is 49.2 Å². The van der Waals surface area contributed by atoms with E-state index in [0.717, 1.165) is 12.8 Å². The Balaban J connectivity index is 1.48. The van der Waals surface area contributed by atoms with Gasteiger partial charge in [-0.1, -0.05) is 6.07 Å². The third-order valence-corrected chi connectivity index (χ3v) is 6.11. The summed E-state index contributed by atoms with van der Waals surface area (Å²) in [6.45, 7) is 2.62. The number of carbonyl (C=O) groups is 1. The van der Waals surface area contributed by atoms with E-state index in [1.807, 2.05) is 0 Å². The predicted molar refractivity (Wildman–Crippen MR) is 107 cm³/mol. The van der Waals surface area contributed by atoms with Gasteiger partial charge in [0.2, 0.25) is 10.0 Å². The van der Waals surface area contributed by atoms with Crippen LogP contribution < -0.4 is 10.0 Å². The van der Waals surface area contributed by atoms with Crippen molar-refractivity contribution in [2.24, 2.45) is 0 Å². The minimum Gasteiger partial charge on any atom is -0.441 e. The van der Waals surface area contributed by atoms with Crippen molar-refractivity contribution in [1.82, 2.24) is 9.71 Å². The molecule has 1 saturated heterocycles. The van der Waals surface area contributed by atoms with Crippen LogP contribution in [0.5, 0.6) is 0 Å². The molecule has 1 unspecified atom stereocenters. The van der Waals surface area contributed by atoms with Gasteiger partial charge >= 0.3 is 0 Å². The van der Waals surface area contributed by atoms with Crippen LogP contribution in [-0.4, -0.2) is 38.6 Å². The van der Waals surface area contributed by atoms with E-state index < -0.39 is 15.9 Å². The molecule has 0 saturated carbocycles. The number of nitrogens with zero attached hydrogens (tertiary/aromatic N) is 1. The second-order valence-electron chi connectivity index (χ2n) is 6.88. The maximum absolute atomic E-state index is 12.6. The summed E-state index contributed by atoms with van der Waals surface area (Å²) in [6.07, 6.45) is 1.66. The van der Waals surface area contributed by atoms with Gasteiger partial charge in [0.1, 0.15) is 5.52 Å². The average molecular weight is 415 g/mol. The molecule has 1 aliphatic rings. The number of hydrogen-bond acceptors (Lipinski definition) is 6. The molecule has 4 rings (SSSR count). The number of oxazole rings is 1. The molecule has 1 aromatic heterocycles. The zero-order valence-electron chi connectivity index (χ0n) is 15.8. The van der Waals surface area contributed by atoms with Crippen molar-refractivity contribution in [2.75, 3.05) is 18.5 Å². The van der Waals surface area contributed by atoms with Crippen molar-refractivity contribution in [1.29, 1.82) is 0 Å². The molecule has 2 aromatic carbocycles. The number of nitrogens with one attached hydrogen (secondary N) is 2. The first-order chi connectivity index (χ1) is 13.9. The Labute approximate surface area is 168 Å². The zero-order chi connectivity index (χ0) is 20.4. The van der Waals surface area contributed by atoms with Gasteiger partial charge in [-0.2, -0.15) is 0 Å². The molecular formula is C20H21N3O5S. The van der Waals surface area contributed by atoms with Crippen molar-refractivity contribution < 1.29 is 22.4 Å². The number of carbonyl (C=O) groups excluding carboxylic acids is 1. The number of benzene rings is 2. The molecule has 0 radical (unpaired) electrons. The van der Waals surface area contributed by atoms with Crippen molar-refractivity contribution in [3.05, 3.63) is 53.9 Å². The van der Waals surface area contributed by atoms with Gasteiger partial charge in [-0.25, -0.2) is 18.1 Å². The molecule has 2 heterocycles. The summed E-state index contributed by atoms with van der Waals surface area (Å²) in [5, 5.41) is 2.76. The molecule has 0 aliphatic carbocycles. The molecule has 1 aliphatic heterocycles. The number of aromatic nitrogens is 1. The van der Waals surface area contributed by atoms with Gasteiger partial charge in [-0.15, -0.1) is 0 Å².